The van der Waals surface area contributed by atoms with E-state index in [2.05, 4.69) is 143 Å². The first-order chi connectivity index (χ1) is 21.9. The fraction of sp³-hybridized carbons (Fsp3) is 0.286. The highest BCUT2D eigenvalue weighted by atomic mass is 15.0. The van der Waals surface area contributed by atoms with Crippen LogP contribution in [0.5, 0.6) is 0 Å². The van der Waals surface area contributed by atoms with Crippen molar-refractivity contribution >= 4 is 43.6 Å². The molecule has 0 unspecified atom stereocenters. The number of hydrogen-bond donors (Lipinski definition) is 0. The van der Waals surface area contributed by atoms with Crippen LogP contribution in [0, 0.1) is 0 Å². The lowest BCUT2D eigenvalue weighted by Gasteiger charge is -2.06. The molecule has 0 amide bonds. The molecule has 2 heteroatoms. The Balaban J connectivity index is 0.000000349. The molecular weight excluding hydrogens is 532 g/mol. The smallest absolute Gasteiger partial charge is 0.0541 e. The van der Waals surface area contributed by atoms with Crippen LogP contribution in [-0.4, -0.2) is 9.13 Å². The second-order valence-corrected chi connectivity index (χ2v) is 8.48. The maximum atomic E-state index is 2.37. The van der Waals surface area contributed by atoms with Gasteiger partial charge in [0, 0.05) is 44.8 Å². The summed E-state index contributed by atoms with van der Waals surface area (Å²) >= 11 is 0. The summed E-state index contributed by atoms with van der Waals surface area (Å²) in [5, 5.41) is 5.33. The number of rotatable bonds is 2. The van der Waals surface area contributed by atoms with Crippen molar-refractivity contribution in [2.45, 2.75) is 82.7 Å². The van der Waals surface area contributed by atoms with E-state index in [0.717, 1.165) is 6.54 Å². The molecule has 0 N–H and O–H groups in total. The molecule has 0 atom stereocenters. The molecule has 0 spiro atoms. The standard InChI is InChI=1S/C18H13N.C14H13N.5C2H6/c1-2-8-14(9-3-1)19-17-12-6-4-10-15(17)16-11-5-7-13-18(16)19;1-2-15-13-9-5-3-7-11(13)12-8-4-6-10-14(12)15;5*1-2/h1-13H;3-10H,2H2,1H3;5*1-2H3. The number of aromatic nitrogens is 2. The van der Waals surface area contributed by atoms with Gasteiger partial charge in [0.25, 0.3) is 0 Å². The molecule has 44 heavy (non-hydrogen) atoms. The van der Waals surface area contributed by atoms with Gasteiger partial charge in [-0.1, -0.05) is 160 Å². The van der Waals surface area contributed by atoms with Crippen molar-refractivity contribution in [2.24, 2.45) is 0 Å². The average molecular weight is 589 g/mol. The van der Waals surface area contributed by atoms with Gasteiger partial charge in [0.1, 0.15) is 0 Å². The summed E-state index contributed by atoms with van der Waals surface area (Å²) in [5.74, 6) is 0. The highest BCUT2D eigenvalue weighted by Crippen LogP contribution is 2.31. The van der Waals surface area contributed by atoms with Gasteiger partial charge in [0.2, 0.25) is 0 Å². The molecule has 234 valence electrons. The van der Waals surface area contributed by atoms with E-state index in [-0.39, 0.29) is 0 Å². The predicted molar refractivity (Wildman–Crippen MR) is 203 cm³/mol. The number of hydrogen-bond acceptors (Lipinski definition) is 0. The SMILES string of the molecule is CC.CC.CC.CC.CC.CCn1c2ccccc2c2ccccc21.c1ccc(-n2c3ccccc3c3ccccc32)cc1. The summed E-state index contributed by atoms with van der Waals surface area (Å²) in [6, 6.07) is 44.9. The molecule has 0 fully saturated rings. The molecule has 2 aromatic heterocycles. The monoisotopic (exact) mass is 588 g/mol. The Bertz CT molecular complexity index is 1630. The highest BCUT2D eigenvalue weighted by molar-refractivity contribution is 6.09. The normalized spacial score (nSPS) is 9.34. The van der Waals surface area contributed by atoms with Crippen LogP contribution in [0.25, 0.3) is 49.3 Å². The van der Waals surface area contributed by atoms with E-state index in [1.54, 1.807) is 0 Å². The van der Waals surface area contributed by atoms with E-state index in [1.807, 2.05) is 69.2 Å². The van der Waals surface area contributed by atoms with Crippen molar-refractivity contribution in [3.05, 3.63) is 127 Å². The Hall–Kier alpha value is -4.30. The van der Waals surface area contributed by atoms with Gasteiger partial charge in [-0.15, -0.1) is 0 Å². The Morgan fingerprint density at radius 1 is 0.341 bits per heavy atom. The molecule has 7 aromatic rings. The molecule has 0 radical (unpaired) electrons. The molecule has 7 rings (SSSR count). The van der Waals surface area contributed by atoms with Gasteiger partial charge < -0.3 is 9.13 Å². The zero-order chi connectivity index (χ0) is 32.9. The maximum Gasteiger partial charge on any atom is 0.0541 e. The molecule has 2 heterocycles. The summed E-state index contributed by atoms with van der Waals surface area (Å²) in [7, 11) is 0. The summed E-state index contributed by atoms with van der Waals surface area (Å²) in [6.45, 7) is 23.2. The molecule has 0 aliphatic heterocycles. The minimum atomic E-state index is 1.02. The van der Waals surface area contributed by atoms with E-state index in [4.69, 9.17) is 0 Å². The van der Waals surface area contributed by atoms with E-state index in [1.165, 1.54) is 49.3 Å². The molecule has 2 nitrogen and oxygen atoms in total. The molecule has 0 bridgehead atoms. The zero-order valence-corrected chi connectivity index (χ0v) is 29.2. The first-order valence-corrected chi connectivity index (χ1v) is 16.9. The number of fused-ring (bicyclic) bond motifs is 6. The predicted octanol–water partition coefficient (Wildman–Crippen LogP) is 13.7. The van der Waals surface area contributed by atoms with Gasteiger partial charge in [-0.25, -0.2) is 0 Å². The van der Waals surface area contributed by atoms with Gasteiger partial charge in [-0.05, 0) is 43.3 Å². The average Bonchev–Trinajstić information content (AvgIpc) is 3.66. The van der Waals surface area contributed by atoms with Crippen LogP contribution in [-0.2, 0) is 6.54 Å². The number of aryl methyl sites for hydroxylation is 1. The van der Waals surface area contributed by atoms with E-state index < -0.39 is 0 Å². The van der Waals surface area contributed by atoms with Gasteiger partial charge in [-0.2, -0.15) is 0 Å². The Labute approximate surface area is 268 Å². The Kier molecular flexibility index (Phi) is 18.3. The largest absolute Gasteiger partial charge is 0.341 e. The molecular formula is C42H56N2. The highest BCUT2D eigenvalue weighted by Gasteiger charge is 2.10. The maximum absolute atomic E-state index is 2.37. The lowest BCUT2D eigenvalue weighted by molar-refractivity contribution is 0.827. The Morgan fingerprint density at radius 3 is 0.955 bits per heavy atom. The van der Waals surface area contributed by atoms with Crippen molar-refractivity contribution < 1.29 is 0 Å². The van der Waals surface area contributed by atoms with E-state index >= 15 is 0 Å². The molecule has 0 saturated heterocycles. The van der Waals surface area contributed by atoms with Gasteiger partial charge in [-0.3, -0.25) is 0 Å². The second kappa shape index (κ2) is 21.4. The third kappa shape index (κ3) is 8.41. The number of para-hydroxylation sites is 5. The lowest BCUT2D eigenvalue weighted by atomic mass is 10.2. The van der Waals surface area contributed by atoms with Gasteiger partial charge in [0.15, 0.2) is 0 Å². The van der Waals surface area contributed by atoms with Crippen LogP contribution < -0.4 is 0 Å². The third-order valence-electron chi connectivity index (χ3n) is 6.59. The fourth-order valence-electron chi connectivity index (χ4n) is 5.12. The van der Waals surface area contributed by atoms with Gasteiger partial charge >= 0.3 is 0 Å². The van der Waals surface area contributed by atoms with E-state index in [9.17, 15) is 0 Å². The number of nitrogens with zero attached hydrogens (tertiary/aromatic N) is 2. The van der Waals surface area contributed by atoms with Crippen LogP contribution >= 0.6 is 0 Å². The topological polar surface area (TPSA) is 9.86 Å². The van der Waals surface area contributed by atoms with Crippen molar-refractivity contribution in [3.63, 3.8) is 0 Å². The fourth-order valence-corrected chi connectivity index (χ4v) is 5.12. The van der Waals surface area contributed by atoms with Crippen LogP contribution in [0.4, 0.5) is 0 Å². The minimum absolute atomic E-state index is 1.02. The van der Waals surface area contributed by atoms with Crippen LogP contribution in [0.1, 0.15) is 76.2 Å². The van der Waals surface area contributed by atoms with Crippen LogP contribution in [0.3, 0.4) is 0 Å². The summed E-state index contributed by atoms with van der Waals surface area (Å²) in [4.78, 5) is 0. The van der Waals surface area contributed by atoms with Gasteiger partial charge in [0.05, 0.1) is 11.0 Å². The summed E-state index contributed by atoms with van der Waals surface area (Å²) in [5.41, 5.74) is 6.40. The van der Waals surface area contributed by atoms with E-state index in [0.29, 0.717) is 0 Å². The molecule has 0 aliphatic rings. The van der Waals surface area contributed by atoms with Crippen LogP contribution in [0.2, 0.25) is 0 Å². The summed E-state index contributed by atoms with van der Waals surface area (Å²) < 4.78 is 4.69. The summed E-state index contributed by atoms with van der Waals surface area (Å²) in [6.07, 6.45) is 0. The van der Waals surface area contributed by atoms with Crippen molar-refractivity contribution in [2.75, 3.05) is 0 Å². The van der Waals surface area contributed by atoms with Crippen molar-refractivity contribution in [1.82, 2.24) is 9.13 Å². The zero-order valence-electron chi connectivity index (χ0n) is 29.2. The molecule has 5 aromatic carbocycles. The molecule has 0 aliphatic carbocycles. The quantitative estimate of drug-likeness (QED) is 0.190. The lowest BCUT2D eigenvalue weighted by Crippen LogP contribution is -1.92. The first kappa shape index (κ1) is 37.7. The van der Waals surface area contributed by atoms with Crippen molar-refractivity contribution in [1.29, 1.82) is 0 Å². The van der Waals surface area contributed by atoms with Crippen LogP contribution in [0.15, 0.2) is 127 Å². The second-order valence-electron chi connectivity index (χ2n) is 8.48. The molecule has 0 saturated carbocycles. The first-order valence-electron chi connectivity index (χ1n) is 16.9. The Morgan fingerprint density at radius 2 is 0.614 bits per heavy atom. The number of benzene rings is 5. The minimum Gasteiger partial charge on any atom is -0.341 e. The van der Waals surface area contributed by atoms with Crippen molar-refractivity contribution in [3.8, 4) is 5.69 Å². The third-order valence-corrected chi connectivity index (χ3v) is 6.59.